The Bertz CT molecular complexity index is 1200. The lowest BCUT2D eigenvalue weighted by atomic mass is 10.1. The van der Waals surface area contributed by atoms with Crippen LogP contribution in [0, 0.1) is 10.4 Å². The molecule has 0 spiro atoms. The van der Waals surface area contributed by atoms with Gasteiger partial charge in [0.1, 0.15) is 17.9 Å². The third kappa shape index (κ3) is 3.98. The fraction of sp³-hybridized carbons (Fsp3) is 0.0417. The van der Waals surface area contributed by atoms with E-state index in [-0.39, 0.29) is 17.2 Å². The van der Waals surface area contributed by atoms with Crippen LogP contribution in [0.25, 0.3) is 23.1 Å². The zero-order chi connectivity index (χ0) is 21.1. The molecule has 0 amide bonds. The Kier molecular flexibility index (Phi) is 5.13. The van der Waals surface area contributed by atoms with Crippen molar-refractivity contribution in [3.05, 3.63) is 106 Å². The highest BCUT2D eigenvalue weighted by Crippen LogP contribution is 2.36. The first-order valence-electron chi connectivity index (χ1n) is 9.22. The van der Waals surface area contributed by atoms with Gasteiger partial charge in [-0.2, -0.15) is 4.90 Å². The largest absolute Gasteiger partial charge is 0.612 e. The SMILES string of the molecule is C=Cc1ccc(COc2ccc3c(O)c(C=C4C=CC(=[N+]([O-])[O-])C=C4)oc3c2)cc1. The molecule has 0 radical (unpaired) electrons. The predicted molar refractivity (Wildman–Crippen MR) is 117 cm³/mol. The maximum absolute atomic E-state index is 10.8. The number of rotatable bonds is 5. The van der Waals surface area contributed by atoms with Crippen molar-refractivity contribution in [2.45, 2.75) is 6.61 Å². The number of nitrogens with zero attached hydrogens (tertiary/aromatic N) is 1. The molecule has 6 nitrogen and oxygen atoms in total. The van der Waals surface area contributed by atoms with E-state index in [1.54, 1.807) is 42.5 Å². The molecule has 0 saturated heterocycles. The Balaban J connectivity index is 1.53. The second-order valence-corrected chi connectivity index (χ2v) is 6.70. The lowest BCUT2D eigenvalue weighted by molar-refractivity contribution is -0.377. The first-order chi connectivity index (χ1) is 14.5. The van der Waals surface area contributed by atoms with E-state index in [0.29, 0.717) is 28.9 Å². The molecule has 6 heteroatoms. The van der Waals surface area contributed by atoms with Crippen molar-refractivity contribution < 1.29 is 19.2 Å². The van der Waals surface area contributed by atoms with Gasteiger partial charge < -0.3 is 24.7 Å². The van der Waals surface area contributed by atoms with Gasteiger partial charge in [-0.3, -0.25) is 0 Å². The molecule has 0 aliphatic heterocycles. The molecule has 3 aromatic rings. The Morgan fingerprint density at radius 1 is 1.03 bits per heavy atom. The van der Waals surface area contributed by atoms with Crippen LogP contribution in [-0.2, 0) is 6.61 Å². The summed E-state index contributed by atoms with van der Waals surface area (Å²) in [7, 11) is 0. The molecule has 4 rings (SSSR count). The molecule has 150 valence electrons. The quantitative estimate of drug-likeness (QED) is 0.462. The molecular formula is C24H18NO5-. The summed E-state index contributed by atoms with van der Waals surface area (Å²) in [5.74, 6) is 0.900. The van der Waals surface area contributed by atoms with E-state index in [1.807, 2.05) is 24.3 Å². The van der Waals surface area contributed by atoms with Gasteiger partial charge in [-0.25, -0.2) is 0 Å². The van der Waals surface area contributed by atoms with Crippen LogP contribution >= 0.6 is 0 Å². The maximum Gasteiger partial charge on any atom is 0.222 e. The van der Waals surface area contributed by atoms with Crippen molar-refractivity contribution >= 4 is 28.8 Å². The van der Waals surface area contributed by atoms with Crippen molar-refractivity contribution in [1.29, 1.82) is 0 Å². The summed E-state index contributed by atoms with van der Waals surface area (Å²) < 4.78 is 11.6. The molecule has 0 fully saturated rings. The first-order valence-corrected chi connectivity index (χ1v) is 9.22. The zero-order valence-corrected chi connectivity index (χ0v) is 15.9. The highest BCUT2D eigenvalue weighted by molar-refractivity contribution is 6.03. The van der Waals surface area contributed by atoms with Gasteiger partial charge in [-0.15, -0.1) is 0 Å². The van der Waals surface area contributed by atoms with Gasteiger partial charge >= 0.3 is 0 Å². The molecule has 1 aliphatic carbocycles. The fourth-order valence-corrected chi connectivity index (χ4v) is 3.03. The Morgan fingerprint density at radius 3 is 2.43 bits per heavy atom. The molecule has 0 saturated carbocycles. The average molecular weight is 400 g/mol. The second kappa shape index (κ2) is 8.05. The summed E-state index contributed by atoms with van der Waals surface area (Å²) in [5, 5.41) is 32.6. The number of fused-ring (bicyclic) bond motifs is 1. The molecule has 1 aromatic heterocycles. The van der Waals surface area contributed by atoms with Gasteiger partial charge in [0.25, 0.3) is 0 Å². The van der Waals surface area contributed by atoms with Crippen LogP contribution in [0.3, 0.4) is 0 Å². The second-order valence-electron chi connectivity index (χ2n) is 6.70. The van der Waals surface area contributed by atoms with Crippen molar-refractivity contribution in [2.24, 2.45) is 0 Å². The predicted octanol–water partition coefficient (Wildman–Crippen LogP) is 5.32. The molecule has 1 aliphatic rings. The highest BCUT2D eigenvalue weighted by Gasteiger charge is 2.13. The molecule has 0 unspecified atom stereocenters. The standard InChI is InChI=1S/C24H18NO5/c1-2-16-3-5-18(6-4-16)15-29-20-11-12-21-22(14-20)30-23(24(21)26)13-17-7-9-19(10-8-17)25(27)28/h2-14H,1,15H2,(H-,26,27,28)/q-1. The number of benzene rings is 2. The number of furan rings is 1. The number of allylic oxidation sites excluding steroid dienone is 5. The van der Waals surface area contributed by atoms with Gasteiger partial charge in [0.2, 0.25) is 5.71 Å². The fourth-order valence-electron chi connectivity index (χ4n) is 3.03. The highest BCUT2D eigenvalue weighted by atomic mass is 16.8. The van der Waals surface area contributed by atoms with Crippen molar-refractivity contribution in [3.8, 4) is 11.5 Å². The van der Waals surface area contributed by atoms with Gasteiger partial charge in [0.15, 0.2) is 11.5 Å². The monoisotopic (exact) mass is 400 g/mol. The van der Waals surface area contributed by atoms with E-state index >= 15 is 0 Å². The van der Waals surface area contributed by atoms with Crippen molar-refractivity contribution in [2.75, 3.05) is 0 Å². The lowest BCUT2D eigenvalue weighted by Gasteiger charge is -2.07. The number of hydrogen-bond acceptors (Lipinski definition) is 5. The summed E-state index contributed by atoms with van der Waals surface area (Å²) >= 11 is 0. The van der Waals surface area contributed by atoms with Gasteiger partial charge in [0.05, 0.1) is 5.39 Å². The molecule has 1 heterocycles. The third-order valence-corrected chi connectivity index (χ3v) is 4.68. The third-order valence-electron chi connectivity index (χ3n) is 4.68. The number of ether oxygens (including phenoxy) is 1. The van der Waals surface area contributed by atoms with Gasteiger partial charge in [0, 0.05) is 18.2 Å². The number of aromatic hydroxyl groups is 1. The van der Waals surface area contributed by atoms with E-state index in [4.69, 9.17) is 9.15 Å². The average Bonchev–Trinajstić information content (AvgIpc) is 3.07. The normalized spacial score (nSPS) is 12.9. The van der Waals surface area contributed by atoms with Crippen LogP contribution in [0.5, 0.6) is 11.5 Å². The zero-order valence-electron chi connectivity index (χ0n) is 15.9. The summed E-state index contributed by atoms with van der Waals surface area (Å²) in [6, 6.07) is 13.1. The molecule has 1 N–H and O–H groups in total. The van der Waals surface area contributed by atoms with Crippen LogP contribution in [0.2, 0.25) is 0 Å². The number of hydrogen-bond donors (Lipinski definition) is 1. The molecule has 0 atom stereocenters. The van der Waals surface area contributed by atoms with Crippen molar-refractivity contribution in [1.82, 2.24) is 0 Å². The Morgan fingerprint density at radius 2 is 1.77 bits per heavy atom. The smallest absolute Gasteiger partial charge is 0.222 e. The van der Waals surface area contributed by atoms with Crippen LogP contribution in [0.4, 0.5) is 0 Å². The van der Waals surface area contributed by atoms with Crippen molar-refractivity contribution in [3.63, 3.8) is 0 Å². The molecular weight excluding hydrogens is 382 g/mol. The van der Waals surface area contributed by atoms with E-state index < -0.39 is 4.90 Å². The molecule has 30 heavy (non-hydrogen) atoms. The Labute approximate surface area is 172 Å². The van der Waals surface area contributed by atoms with Crippen LogP contribution in [0.1, 0.15) is 16.9 Å². The molecule has 0 bridgehead atoms. The minimum absolute atomic E-state index is 0.00176. The van der Waals surface area contributed by atoms with E-state index in [1.165, 1.54) is 12.2 Å². The van der Waals surface area contributed by atoms with Gasteiger partial charge in [-0.05, 0) is 47.1 Å². The van der Waals surface area contributed by atoms with Crippen LogP contribution < -0.4 is 4.74 Å². The topological polar surface area (TPSA) is 91.7 Å². The Hall–Kier alpha value is -4.19. The summed E-state index contributed by atoms with van der Waals surface area (Å²) in [5.41, 5.74) is 3.23. The maximum atomic E-state index is 10.8. The van der Waals surface area contributed by atoms with E-state index in [0.717, 1.165) is 11.1 Å². The van der Waals surface area contributed by atoms with E-state index in [9.17, 15) is 15.5 Å². The minimum atomic E-state index is -0.461. The summed E-state index contributed by atoms with van der Waals surface area (Å²) in [6.45, 7) is 4.14. The van der Waals surface area contributed by atoms with Crippen LogP contribution in [-0.4, -0.2) is 15.7 Å². The minimum Gasteiger partial charge on any atom is -0.612 e. The summed E-state index contributed by atoms with van der Waals surface area (Å²) in [4.78, 5) is -0.461. The lowest BCUT2D eigenvalue weighted by Crippen LogP contribution is -2.06. The first kappa shape index (κ1) is 19.1. The summed E-state index contributed by atoms with van der Waals surface area (Å²) in [6.07, 6.45) is 9.40. The van der Waals surface area contributed by atoms with E-state index in [2.05, 4.69) is 6.58 Å². The van der Waals surface area contributed by atoms with Crippen LogP contribution in [0.15, 0.2) is 83.3 Å². The molecule has 2 aromatic carbocycles. The van der Waals surface area contributed by atoms with Gasteiger partial charge in [-0.1, -0.05) is 36.9 Å².